The smallest absolute Gasteiger partial charge is 0.339 e. The fraction of sp³-hybridized carbons (Fsp3) is 0.333. The number of ether oxygens (including phenoxy) is 5. The van der Waals surface area contributed by atoms with E-state index in [1.165, 1.54) is 7.11 Å². The van der Waals surface area contributed by atoms with Gasteiger partial charge >= 0.3 is 5.97 Å². The predicted octanol–water partition coefficient (Wildman–Crippen LogP) is 2.27. The number of ketones is 1. The molecule has 28 heavy (non-hydrogen) atoms. The third kappa shape index (κ3) is 3.70. The summed E-state index contributed by atoms with van der Waals surface area (Å²) in [6.07, 6.45) is -4.50. The van der Waals surface area contributed by atoms with Gasteiger partial charge < -0.3 is 23.7 Å². The third-order valence-electron chi connectivity index (χ3n) is 4.68. The maximum Gasteiger partial charge on any atom is 0.339 e. The molecule has 7 heteroatoms. The van der Waals surface area contributed by atoms with E-state index in [1.807, 2.05) is 30.3 Å². The molecule has 2 fully saturated rings. The van der Waals surface area contributed by atoms with Crippen molar-refractivity contribution in [2.24, 2.45) is 0 Å². The molecule has 0 spiro atoms. The van der Waals surface area contributed by atoms with Gasteiger partial charge in [0.2, 0.25) is 18.2 Å². The number of methoxy groups -OCH3 is 1. The summed E-state index contributed by atoms with van der Waals surface area (Å²) in [6, 6.07) is 17.7. The molecular weight excluding hydrogens is 364 g/mol. The quantitative estimate of drug-likeness (QED) is 0.748. The second kappa shape index (κ2) is 8.20. The lowest BCUT2D eigenvalue weighted by atomic mass is 9.99. The van der Waals surface area contributed by atoms with E-state index in [9.17, 15) is 9.59 Å². The Morgan fingerprint density at radius 1 is 1.00 bits per heavy atom. The van der Waals surface area contributed by atoms with Crippen molar-refractivity contribution in [1.82, 2.24) is 0 Å². The van der Waals surface area contributed by atoms with Crippen molar-refractivity contribution >= 4 is 11.8 Å². The molecule has 0 radical (unpaired) electrons. The van der Waals surface area contributed by atoms with Gasteiger partial charge in [0.05, 0.1) is 12.2 Å². The summed E-state index contributed by atoms with van der Waals surface area (Å²) < 4.78 is 28.0. The zero-order valence-corrected chi connectivity index (χ0v) is 15.2. The fourth-order valence-electron chi connectivity index (χ4n) is 3.27. The van der Waals surface area contributed by atoms with E-state index in [2.05, 4.69) is 0 Å². The standard InChI is InChI=1S/C21H20O7/c1-24-21-18(27-19(23)13-8-4-2-5-9-13)16(22)17-15(26-21)12-25-20(28-17)14-10-6-3-7-11-14/h2-11,15,17-18,20-21H,12H2,1H3/t15-,17-,18-,20-,21+/m1/s1. The van der Waals surface area contributed by atoms with Crippen LogP contribution in [0.1, 0.15) is 22.2 Å². The molecule has 7 nitrogen and oxygen atoms in total. The van der Waals surface area contributed by atoms with Crippen LogP contribution in [-0.4, -0.2) is 50.1 Å². The molecule has 5 atom stereocenters. The molecule has 2 heterocycles. The van der Waals surface area contributed by atoms with Crippen molar-refractivity contribution in [2.75, 3.05) is 13.7 Å². The molecular formula is C21H20O7. The molecule has 2 aliphatic rings. The van der Waals surface area contributed by atoms with Gasteiger partial charge in [-0.3, -0.25) is 4.79 Å². The average Bonchev–Trinajstić information content (AvgIpc) is 2.76. The number of hydrogen-bond acceptors (Lipinski definition) is 7. The molecule has 4 rings (SSSR count). The van der Waals surface area contributed by atoms with E-state index in [0.717, 1.165) is 5.56 Å². The largest absolute Gasteiger partial charge is 0.445 e. The molecule has 2 aromatic rings. The van der Waals surface area contributed by atoms with Crippen LogP contribution in [0.2, 0.25) is 0 Å². The summed E-state index contributed by atoms with van der Waals surface area (Å²) in [7, 11) is 1.39. The topological polar surface area (TPSA) is 80.3 Å². The van der Waals surface area contributed by atoms with Crippen LogP contribution in [-0.2, 0) is 28.5 Å². The van der Waals surface area contributed by atoms with Gasteiger partial charge in [-0.1, -0.05) is 48.5 Å². The number of rotatable bonds is 4. The summed E-state index contributed by atoms with van der Waals surface area (Å²) in [5, 5.41) is 0. The Kier molecular flexibility index (Phi) is 5.50. The van der Waals surface area contributed by atoms with Crippen LogP contribution in [0.15, 0.2) is 60.7 Å². The van der Waals surface area contributed by atoms with Gasteiger partial charge in [0, 0.05) is 12.7 Å². The summed E-state index contributed by atoms with van der Waals surface area (Å²) in [4.78, 5) is 25.5. The van der Waals surface area contributed by atoms with E-state index >= 15 is 0 Å². The molecule has 2 saturated heterocycles. The molecule has 2 aliphatic heterocycles. The predicted molar refractivity (Wildman–Crippen MR) is 96.3 cm³/mol. The highest BCUT2D eigenvalue weighted by atomic mass is 16.8. The normalized spacial score (nSPS) is 29.8. The molecule has 0 aliphatic carbocycles. The number of Topliss-reactive ketones (excluding diaryl/α,β-unsaturated/α-hetero) is 1. The summed E-state index contributed by atoms with van der Waals surface area (Å²) in [5.41, 5.74) is 1.13. The minimum atomic E-state index is -1.23. The van der Waals surface area contributed by atoms with Crippen molar-refractivity contribution < 1.29 is 33.3 Å². The van der Waals surface area contributed by atoms with Gasteiger partial charge in [0.15, 0.2) is 12.4 Å². The van der Waals surface area contributed by atoms with E-state index in [-0.39, 0.29) is 6.61 Å². The molecule has 146 valence electrons. The van der Waals surface area contributed by atoms with Gasteiger partial charge in [0.1, 0.15) is 6.10 Å². The SMILES string of the molecule is CO[C@H]1O[C@@H]2CO[C@@H](c3ccccc3)O[C@H]2C(=O)[C@H]1OC(=O)c1ccccc1. The first kappa shape index (κ1) is 18.8. The molecule has 0 bridgehead atoms. The number of fused-ring (bicyclic) bond motifs is 1. The molecule has 0 N–H and O–H groups in total. The van der Waals surface area contributed by atoms with Crippen molar-refractivity contribution in [2.45, 2.75) is 30.9 Å². The molecule has 0 amide bonds. The zero-order valence-electron chi connectivity index (χ0n) is 15.2. The van der Waals surface area contributed by atoms with E-state index in [4.69, 9.17) is 23.7 Å². The second-order valence-corrected chi connectivity index (χ2v) is 6.51. The van der Waals surface area contributed by atoms with E-state index in [1.54, 1.807) is 30.3 Å². The maximum atomic E-state index is 13.1. The van der Waals surface area contributed by atoms with Crippen LogP contribution in [0.3, 0.4) is 0 Å². The van der Waals surface area contributed by atoms with Crippen LogP contribution in [0.25, 0.3) is 0 Å². The van der Waals surface area contributed by atoms with Crippen molar-refractivity contribution in [3.63, 3.8) is 0 Å². The van der Waals surface area contributed by atoms with Gasteiger partial charge in [-0.25, -0.2) is 4.79 Å². The monoisotopic (exact) mass is 384 g/mol. The van der Waals surface area contributed by atoms with E-state index in [0.29, 0.717) is 5.56 Å². The van der Waals surface area contributed by atoms with Crippen molar-refractivity contribution in [3.05, 3.63) is 71.8 Å². The Hall–Kier alpha value is -2.58. The Balaban J connectivity index is 1.51. The number of carbonyl (C=O) groups excluding carboxylic acids is 2. The van der Waals surface area contributed by atoms with Gasteiger partial charge in [-0.15, -0.1) is 0 Å². The fourth-order valence-corrected chi connectivity index (χ4v) is 3.27. The summed E-state index contributed by atoms with van der Waals surface area (Å²) in [5.74, 6) is -1.04. The van der Waals surface area contributed by atoms with Crippen molar-refractivity contribution in [3.8, 4) is 0 Å². The number of hydrogen-bond donors (Lipinski definition) is 0. The van der Waals surface area contributed by atoms with Crippen molar-refractivity contribution in [1.29, 1.82) is 0 Å². The first-order valence-corrected chi connectivity index (χ1v) is 8.97. The van der Waals surface area contributed by atoms with Gasteiger partial charge in [-0.05, 0) is 12.1 Å². The lowest BCUT2D eigenvalue weighted by Crippen LogP contribution is -2.60. The summed E-state index contributed by atoms with van der Waals surface area (Å²) in [6.45, 7) is 0.162. The van der Waals surface area contributed by atoms with E-state index < -0.39 is 42.6 Å². The minimum Gasteiger partial charge on any atom is -0.445 e. The van der Waals surface area contributed by atoms with Crippen LogP contribution < -0.4 is 0 Å². The highest BCUT2D eigenvalue weighted by Crippen LogP contribution is 2.33. The zero-order chi connectivity index (χ0) is 19.5. The maximum absolute atomic E-state index is 13.1. The second-order valence-electron chi connectivity index (χ2n) is 6.51. The minimum absolute atomic E-state index is 0.162. The number of carbonyl (C=O) groups is 2. The Labute approximate surface area is 162 Å². The van der Waals surface area contributed by atoms with Crippen LogP contribution in [0, 0.1) is 0 Å². The molecule has 0 aromatic heterocycles. The molecule has 0 saturated carbocycles. The first-order valence-electron chi connectivity index (χ1n) is 8.97. The van der Waals surface area contributed by atoms with Crippen LogP contribution in [0.4, 0.5) is 0 Å². The lowest BCUT2D eigenvalue weighted by Gasteiger charge is -2.43. The molecule has 0 unspecified atom stereocenters. The van der Waals surface area contributed by atoms with Gasteiger partial charge in [-0.2, -0.15) is 0 Å². The van der Waals surface area contributed by atoms with Crippen LogP contribution in [0.5, 0.6) is 0 Å². The third-order valence-corrected chi connectivity index (χ3v) is 4.68. The van der Waals surface area contributed by atoms with Crippen LogP contribution >= 0.6 is 0 Å². The Bertz CT molecular complexity index is 823. The van der Waals surface area contributed by atoms with Gasteiger partial charge in [0.25, 0.3) is 0 Å². The highest BCUT2D eigenvalue weighted by Gasteiger charge is 2.51. The molecule has 2 aromatic carbocycles. The average molecular weight is 384 g/mol. The lowest BCUT2D eigenvalue weighted by molar-refractivity contribution is -0.313. The summed E-state index contributed by atoms with van der Waals surface area (Å²) >= 11 is 0. The number of benzene rings is 2. The Morgan fingerprint density at radius 2 is 1.68 bits per heavy atom. The first-order chi connectivity index (χ1) is 13.7. The number of esters is 1. The highest BCUT2D eigenvalue weighted by molar-refractivity contribution is 5.95. The Morgan fingerprint density at radius 3 is 2.36 bits per heavy atom.